The molecule has 0 fully saturated rings. The van der Waals surface area contributed by atoms with Gasteiger partial charge in [0.05, 0.1) is 17.7 Å². The second-order valence-electron chi connectivity index (χ2n) is 7.34. The lowest BCUT2D eigenvalue weighted by atomic mass is 10.2. The van der Waals surface area contributed by atoms with Crippen molar-refractivity contribution in [3.63, 3.8) is 0 Å². The maximum atomic E-state index is 12.4. The number of nitrogens with one attached hydrogen (secondary N) is 1. The van der Waals surface area contributed by atoms with Gasteiger partial charge >= 0.3 is 5.91 Å². The Morgan fingerprint density at radius 2 is 1.89 bits per heavy atom. The molecule has 4 rings (SSSR count). The highest BCUT2D eigenvalue weighted by molar-refractivity contribution is 9.10. The van der Waals surface area contributed by atoms with Crippen LogP contribution in [0.15, 0.2) is 80.7 Å². The van der Waals surface area contributed by atoms with E-state index >= 15 is 0 Å². The Balaban J connectivity index is 1.41. The molecular formula is C25H20BrN3O6. The van der Waals surface area contributed by atoms with Gasteiger partial charge in [0.15, 0.2) is 17.3 Å². The van der Waals surface area contributed by atoms with Gasteiger partial charge < -0.3 is 13.9 Å². The number of amides is 1. The van der Waals surface area contributed by atoms with Crippen LogP contribution in [-0.4, -0.2) is 23.7 Å². The van der Waals surface area contributed by atoms with E-state index in [1.165, 1.54) is 30.5 Å². The van der Waals surface area contributed by atoms with E-state index < -0.39 is 10.8 Å². The molecule has 0 saturated carbocycles. The molecule has 35 heavy (non-hydrogen) atoms. The molecule has 3 aromatic carbocycles. The van der Waals surface area contributed by atoms with Crippen molar-refractivity contribution in [2.45, 2.75) is 13.5 Å². The minimum atomic E-state index is -0.584. The standard InChI is InChI=1S/C25H20BrN3O6/c1-2-33-23-11-17(5-9-22(23)34-15-16-3-6-19(26)7-4-16)14-27-28-25(30)24-13-18-12-20(29(31)32)8-10-21(18)35-24/h3-14H,2,15H2,1H3,(H,28,30)/b27-14-. The second kappa shape index (κ2) is 10.8. The lowest BCUT2D eigenvalue weighted by Gasteiger charge is -2.12. The molecular weight excluding hydrogens is 518 g/mol. The third-order valence-electron chi connectivity index (χ3n) is 4.89. The fourth-order valence-electron chi connectivity index (χ4n) is 3.21. The topological polar surface area (TPSA) is 116 Å². The van der Waals surface area contributed by atoms with E-state index in [1.807, 2.05) is 31.2 Å². The van der Waals surface area contributed by atoms with Gasteiger partial charge in [-0.15, -0.1) is 0 Å². The Kier molecular flexibility index (Phi) is 7.41. The van der Waals surface area contributed by atoms with Gasteiger partial charge in [0, 0.05) is 22.0 Å². The lowest BCUT2D eigenvalue weighted by Crippen LogP contribution is -2.16. The molecule has 4 aromatic rings. The number of benzene rings is 3. The van der Waals surface area contributed by atoms with Crippen LogP contribution in [0.5, 0.6) is 11.5 Å². The van der Waals surface area contributed by atoms with E-state index in [-0.39, 0.29) is 11.4 Å². The first-order valence-electron chi connectivity index (χ1n) is 10.6. The Morgan fingerprint density at radius 1 is 1.09 bits per heavy atom. The van der Waals surface area contributed by atoms with Crippen LogP contribution in [0.25, 0.3) is 11.0 Å². The quantitative estimate of drug-likeness (QED) is 0.163. The lowest BCUT2D eigenvalue weighted by molar-refractivity contribution is -0.384. The summed E-state index contributed by atoms with van der Waals surface area (Å²) in [5.41, 5.74) is 4.37. The average Bonchev–Trinajstić information content (AvgIpc) is 3.28. The number of fused-ring (bicyclic) bond motifs is 1. The highest BCUT2D eigenvalue weighted by Gasteiger charge is 2.14. The first-order valence-corrected chi connectivity index (χ1v) is 11.4. The number of hydrogen-bond acceptors (Lipinski definition) is 7. The van der Waals surface area contributed by atoms with Crippen molar-refractivity contribution in [3.8, 4) is 11.5 Å². The number of carbonyl (C=O) groups is 1. The number of carbonyl (C=O) groups excluding carboxylic acids is 1. The molecule has 0 aliphatic heterocycles. The van der Waals surface area contributed by atoms with Crippen LogP contribution >= 0.6 is 15.9 Å². The molecule has 0 spiro atoms. The maximum absolute atomic E-state index is 12.4. The molecule has 0 bridgehead atoms. The van der Waals surface area contributed by atoms with E-state index in [9.17, 15) is 14.9 Å². The summed E-state index contributed by atoms with van der Waals surface area (Å²) in [5, 5.41) is 15.3. The largest absolute Gasteiger partial charge is 0.490 e. The van der Waals surface area contributed by atoms with Gasteiger partial charge in [-0.05, 0) is 60.5 Å². The molecule has 0 atom stereocenters. The number of rotatable bonds is 9. The van der Waals surface area contributed by atoms with Crippen molar-refractivity contribution in [3.05, 3.63) is 98.2 Å². The van der Waals surface area contributed by atoms with Crippen molar-refractivity contribution in [2.75, 3.05) is 6.61 Å². The molecule has 0 aliphatic rings. The monoisotopic (exact) mass is 537 g/mol. The predicted molar refractivity (Wildman–Crippen MR) is 134 cm³/mol. The fraction of sp³-hybridized carbons (Fsp3) is 0.120. The van der Waals surface area contributed by atoms with Gasteiger partial charge in [-0.25, -0.2) is 5.43 Å². The van der Waals surface area contributed by atoms with Crippen LogP contribution in [0.4, 0.5) is 5.69 Å². The van der Waals surface area contributed by atoms with Gasteiger partial charge in [0.25, 0.3) is 5.69 Å². The zero-order chi connectivity index (χ0) is 24.8. The summed E-state index contributed by atoms with van der Waals surface area (Å²) in [5.74, 6) is 0.551. The van der Waals surface area contributed by atoms with E-state index in [0.717, 1.165) is 10.0 Å². The van der Waals surface area contributed by atoms with Gasteiger partial charge in [0.2, 0.25) is 0 Å². The Labute approximate surface area is 208 Å². The Morgan fingerprint density at radius 3 is 2.63 bits per heavy atom. The van der Waals surface area contributed by atoms with Crippen LogP contribution in [0.3, 0.4) is 0 Å². The molecule has 1 N–H and O–H groups in total. The molecule has 10 heteroatoms. The molecule has 178 valence electrons. The minimum Gasteiger partial charge on any atom is -0.490 e. The SMILES string of the molecule is CCOc1cc(/C=N\NC(=O)c2cc3cc([N+](=O)[O-])ccc3o2)ccc1OCc1ccc(Br)cc1. The van der Waals surface area contributed by atoms with Crippen LogP contribution < -0.4 is 14.9 Å². The number of nitrogens with zero attached hydrogens (tertiary/aromatic N) is 2. The summed E-state index contributed by atoms with van der Waals surface area (Å²) >= 11 is 3.41. The van der Waals surface area contributed by atoms with Crippen LogP contribution in [0.2, 0.25) is 0 Å². The highest BCUT2D eigenvalue weighted by Crippen LogP contribution is 2.29. The summed E-state index contributed by atoms with van der Waals surface area (Å²) < 4.78 is 18.1. The second-order valence-corrected chi connectivity index (χ2v) is 8.26. The van der Waals surface area contributed by atoms with Crippen molar-refractivity contribution in [1.82, 2.24) is 5.43 Å². The van der Waals surface area contributed by atoms with Crippen LogP contribution in [0.1, 0.15) is 28.6 Å². The molecule has 9 nitrogen and oxygen atoms in total. The zero-order valence-corrected chi connectivity index (χ0v) is 20.2. The van der Waals surface area contributed by atoms with Crippen LogP contribution in [-0.2, 0) is 6.61 Å². The highest BCUT2D eigenvalue weighted by atomic mass is 79.9. The van der Waals surface area contributed by atoms with Crippen molar-refractivity contribution in [2.24, 2.45) is 5.10 Å². The molecule has 1 amide bonds. The van der Waals surface area contributed by atoms with Crippen LogP contribution in [0, 0.1) is 10.1 Å². The number of nitro benzene ring substituents is 1. The van der Waals surface area contributed by atoms with E-state index in [1.54, 1.807) is 18.2 Å². The molecule has 0 unspecified atom stereocenters. The summed E-state index contributed by atoms with van der Waals surface area (Å²) in [6.45, 7) is 2.72. The summed E-state index contributed by atoms with van der Waals surface area (Å²) in [4.78, 5) is 22.8. The third kappa shape index (κ3) is 6.04. The molecule has 0 saturated heterocycles. The van der Waals surface area contributed by atoms with E-state index in [0.29, 0.717) is 41.2 Å². The molecule has 0 aliphatic carbocycles. The first-order chi connectivity index (χ1) is 16.9. The normalized spacial score (nSPS) is 11.0. The summed E-state index contributed by atoms with van der Waals surface area (Å²) in [6.07, 6.45) is 1.46. The number of non-ortho nitro benzene ring substituents is 1. The van der Waals surface area contributed by atoms with Gasteiger partial charge in [-0.1, -0.05) is 28.1 Å². The van der Waals surface area contributed by atoms with E-state index in [4.69, 9.17) is 13.9 Å². The number of ether oxygens (including phenoxy) is 2. The number of furan rings is 1. The van der Waals surface area contributed by atoms with Crippen molar-refractivity contribution >= 4 is 44.7 Å². The maximum Gasteiger partial charge on any atom is 0.307 e. The smallest absolute Gasteiger partial charge is 0.307 e. The minimum absolute atomic E-state index is 0.00987. The van der Waals surface area contributed by atoms with Gasteiger partial charge in [-0.2, -0.15) is 5.10 Å². The predicted octanol–water partition coefficient (Wildman–Crippen LogP) is 5.85. The van der Waals surface area contributed by atoms with Gasteiger partial charge in [-0.3, -0.25) is 14.9 Å². The summed E-state index contributed by atoms with van der Waals surface area (Å²) in [6, 6.07) is 18.7. The number of hydrogen-bond donors (Lipinski definition) is 1. The molecule has 1 heterocycles. The van der Waals surface area contributed by atoms with Crippen molar-refractivity contribution < 1.29 is 23.6 Å². The Bertz CT molecular complexity index is 1400. The van der Waals surface area contributed by atoms with Crippen molar-refractivity contribution in [1.29, 1.82) is 0 Å². The zero-order valence-electron chi connectivity index (χ0n) is 18.6. The average molecular weight is 538 g/mol. The molecule has 1 aromatic heterocycles. The third-order valence-corrected chi connectivity index (χ3v) is 5.42. The first kappa shape index (κ1) is 24.0. The number of halogens is 1. The molecule has 0 radical (unpaired) electrons. The fourth-order valence-corrected chi connectivity index (χ4v) is 3.48. The van der Waals surface area contributed by atoms with E-state index in [2.05, 4.69) is 26.5 Å². The summed E-state index contributed by atoms with van der Waals surface area (Å²) in [7, 11) is 0. The number of hydrazone groups is 1. The Hall–Kier alpha value is -4.18. The number of nitro groups is 1. The van der Waals surface area contributed by atoms with Gasteiger partial charge in [0.1, 0.15) is 12.2 Å².